The van der Waals surface area contributed by atoms with E-state index in [4.69, 9.17) is 10.5 Å². The van der Waals surface area contributed by atoms with Crippen molar-refractivity contribution in [2.75, 3.05) is 18.6 Å². The zero-order chi connectivity index (χ0) is 39.8. The van der Waals surface area contributed by atoms with Gasteiger partial charge in [0.1, 0.15) is 29.8 Å². The third-order valence-electron chi connectivity index (χ3n) is 7.97. The van der Waals surface area contributed by atoms with Crippen molar-refractivity contribution < 1.29 is 43.4 Å². The topological polar surface area (TPSA) is 251 Å². The summed E-state index contributed by atoms with van der Waals surface area (Å²) in [6.07, 6.45) is 1.93. The van der Waals surface area contributed by atoms with Crippen LogP contribution in [0.3, 0.4) is 0 Å². The molecule has 0 saturated carbocycles. The molecule has 0 aliphatic heterocycles. The van der Waals surface area contributed by atoms with Crippen molar-refractivity contribution in [3.63, 3.8) is 0 Å². The molecule has 17 heteroatoms. The number of carbonyl (C=O) groups excluding carboxylic acids is 6. The highest BCUT2D eigenvalue weighted by molar-refractivity contribution is 7.98. The van der Waals surface area contributed by atoms with E-state index in [1.54, 1.807) is 63.6 Å². The number of aromatic nitrogens is 1. The number of fused-ring (bicyclic) bond motifs is 1. The van der Waals surface area contributed by atoms with Crippen molar-refractivity contribution >= 4 is 64.3 Å². The smallest absolute Gasteiger partial charge is 0.407 e. The molecule has 16 nitrogen and oxygen atoms in total. The van der Waals surface area contributed by atoms with E-state index in [1.165, 1.54) is 11.8 Å². The Morgan fingerprint density at radius 3 is 2.07 bits per heavy atom. The van der Waals surface area contributed by atoms with Crippen LogP contribution in [0.1, 0.15) is 51.2 Å². The van der Waals surface area contributed by atoms with Gasteiger partial charge in [0.05, 0.1) is 6.42 Å². The second-order valence-corrected chi connectivity index (χ2v) is 14.5. The highest BCUT2D eigenvalue weighted by atomic mass is 32.2. The van der Waals surface area contributed by atoms with Gasteiger partial charge in [-0.2, -0.15) is 11.8 Å². The molecule has 0 unspecified atom stereocenters. The summed E-state index contributed by atoms with van der Waals surface area (Å²) < 4.78 is 5.20. The minimum Gasteiger partial charge on any atom is -0.481 e. The van der Waals surface area contributed by atoms with Crippen molar-refractivity contribution in [1.29, 1.82) is 0 Å². The first-order valence-corrected chi connectivity index (χ1v) is 18.7. The summed E-state index contributed by atoms with van der Waals surface area (Å²) in [4.78, 5) is 93.2. The van der Waals surface area contributed by atoms with Crippen molar-refractivity contribution in [2.45, 2.75) is 82.6 Å². The molecule has 0 aliphatic rings. The lowest BCUT2D eigenvalue weighted by atomic mass is 10.0. The van der Waals surface area contributed by atoms with Crippen molar-refractivity contribution in [1.82, 2.24) is 31.6 Å². The number of carboxylic acid groups (broad SMARTS) is 1. The van der Waals surface area contributed by atoms with Gasteiger partial charge in [-0.3, -0.25) is 28.8 Å². The Morgan fingerprint density at radius 1 is 0.815 bits per heavy atom. The van der Waals surface area contributed by atoms with Crippen LogP contribution in [0.25, 0.3) is 10.9 Å². The van der Waals surface area contributed by atoms with Gasteiger partial charge in [0.25, 0.3) is 0 Å². The second-order valence-electron chi connectivity index (χ2n) is 13.5. The molecule has 0 fully saturated rings. The van der Waals surface area contributed by atoms with Crippen molar-refractivity contribution in [3.8, 4) is 0 Å². The van der Waals surface area contributed by atoms with Crippen LogP contribution in [0.5, 0.6) is 0 Å². The second kappa shape index (κ2) is 20.6. The van der Waals surface area contributed by atoms with Gasteiger partial charge in [-0.25, -0.2) is 4.79 Å². The van der Waals surface area contributed by atoms with E-state index in [-0.39, 0.29) is 32.2 Å². The summed E-state index contributed by atoms with van der Waals surface area (Å²) >= 11 is 1.39. The fraction of sp³-hybridized carbons (Fsp3) is 0.432. The van der Waals surface area contributed by atoms with E-state index >= 15 is 0 Å². The van der Waals surface area contributed by atoms with Crippen LogP contribution in [0.2, 0.25) is 0 Å². The van der Waals surface area contributed by atoms with Crippen LogP contribution < -0.4 is 32.3 Å². The number of nitrogens with one attached hydrogen (secondary N) is 6. The summed E-state index contributed by atoms with van der Waals surface area (Å²) in [5.74, 6) is -4.95. The Balaban J connectivity index is 1.79. The number of alkyl carbamates (subject to hydrolysis) is 1. The number of carboxylic acids is 1. The molecule has 0 spiro atoms. The number of amides is 6. The normalized spacial score (nSPS) is 13.4. The number of ether oxygens (including phenoxy) is 1. The lowest BCUT2D eigenvalue weighted by Crippen LogP contribution is -2.59. The molecule has 4 atom stereocenters. The molecule has 1 aromatic heterocycles. The van der Waals surface area contributed by atoms with E-state index < -0.39 is 77.8 Å². The van der Waals surface area contributed by atoms with Gasteiger partial charge in [0.2, 0.25) is 29.5 Å². The van der Waals surface area contributed by atoms with Gasteiger partial charge in [-0.05, 0) is 56.4 Å². The number of hydrogen-bond acceptors (Lipinski definition) is 9. The van der Waals surface area contributed by atoms with Gasteiger partial charge in [0.15, 0.2) is 0 Å². The summed E-state index contributed by atoms with van der Waals surface area (Å²) in [5, 5.41) is 23.1. The number of nitrogens with two attached hydrogens (primary N) is 1. The number of primary amides is 1. The number of carbonyl (C=O) groups is 7. The number of aliphatic carboxylic acids is 1. The molecule has 0 saturated heterocycles. The molecule has 0 aliphatic carbocycles. The summed E-state index contributed by atoms with van der Waals surface area (Å²) in [5.41, 5.74) is 7.00. The van der Waals surface area contributed by atoms with E-state index in [0.29, 0.717) is 16.9 Å². The predicted octanol–water partition coefficient (Wildman–Crippen LogP) is 1.52. The molecule has 3 aromatic rings. The molecule has 2 aromatic carbocycles. The first-order chi connectivity index (χ1) is 25.6. The van der Waals surface area contributed by atoms with Gasteiger partial charge in [0, 0.05) is 42.9 Å². The minimum absolute atomic E-state index is 0.0257. The van der Waals surface area contributed by atoms with Crippen LogP contribution in [0.4, 0.5) is 4.79 Å². The fourth-order valence-corrected chi connectivity index (χ4v) is 5.84. The molecular formula is C37H49N7O9S. The Bertz CT molecular complexity index is 1780. The Morgan fingerprint density at radius 2 is 1.43 bits per heavy atom. The maximum Gasteiger partial charge on any atom is 0.407 e. The van der Waals surface area contributed by atoms with Crippen LogP contribution in [0.15, 0.2) is 60.8 Å². The quantitative estimate of drug-likeness (QED) is 0.0823. The van der Waals surface area contributed by atoms with Gasteiger partial charge < -0.3 is 47.1 Å². The lowest BCUT2D eigenvalue weighted by Gasteiger charge is -2.26. The molecule has 292 valence electrons. The number of rotatable bonds is 20. The molecule has 1 heterocycles. The number of aromatic amines is 1. The summed E-state index contributed by atoms with van der Waals surface area (Å²) in [6.45, 7) is 5.03. The molecule has 54 heavy (non-hydrogen) atoms. The maximum absolute atomic E-state index is 13.9. The molecule has 3 rings (SSSR count). The Hall–Kier alpha value is -5.58. The van der Waals surface area contributed by atoms with Crippen molar-refractivity contribution in [3.05, 3.63) is 71.9 Å². The van der Waals surface area contributed by atoms with Crippen LogP contribution in [-0.2, 0) is 46.3 Å². The van der Waals surface area contributed by atoms with Crippen LogP contribution in [-0.4, -0.2) is 100 Å². The molecule has 6 amide bonds. The minimum atomic E-state index is -1.62. The number of benzene rings is 2. The molecule has 0 radical (unpaired) electrons. The summed E-state index contributed by atoms with van der Waals surface area (Å²) in [7, 11) is 0. The SMILES string of the molecule is CSCC[C@H](NC(=O)[C@@H](Cc1c[nH]c2ccccc12)NC(=O)CCNC(=O)OC(C)(C)C)C(=O)N[C@@H](CC(=O)O)C(=O)N[C@@H](Cc1ccccc1)C(N)=O. The fourth-order valence-electron chi connectivity index (χ4n) is 5.37. The van der Waals surface area contributed by atoms with Crippen LogP contribution in [0, 0.1) is 0 Å². The zero-order valence-corrected chi connectivity index (χ0v) is 31.5. The highest BCUT2D eigenvalue weighted by Gasteiger charge is 2.32. The van der Waals surface area contributed by atoms with Gasteiger partial charge >= 0.3 is 12.1 Å². The average molecular weight is 768 g/mol. The molecule has 9 N–H and O–H groups in total. The Labute approximate surface area is 317 Å². The third-order valence-corrected chi connectivity index (χ3v) is 8.61. The van der Waals surface area contributed by atoms with E-state index in [2.05, 4.69) is 31.6 Å². The largest absolute Gasteiger partial charge is 0.481 e. The maximum atomic E-state index is 13.9. The van der Waals surface area contributed by atoms with E-state index in [0.717, 1.165) is 10.9 Å². The van der Waals surface area contributed by atoms with Crippen LogP contribution >= 0.6 is 11.8 Å². The van der Waals surface area contributed by atoms with Crippen molar-refractivity contribution in [2.24, 2.45) is 5.73 Å². The third kappa shape index (κ3) is 14.4. The lowest BCUT2D eigenvalue weighted by molar-refractivity contribution is -0.141. The molecular weight excluding hydrogens is 719 g/mol. The number of thioether (sulfide) groups is 1. The average Bonchev–Trinajstić information content (AvgIpc) is 3.51. The predicted molar refractivity (Wildman–Crippen MR) is 203 cm³/mol. The monoisotopic (exact) mass is 767 g/mol. The summed E-state index contributed by atoms with van der Waals surface area (Å²) in [6, 6.07) is 10.8. The van der Waals surface area contributed by atoms with E-state index in [1.807, 2.05) is 24.3 Å². The zero-order valence-electron chi connectivity index (χ0n) is 30.7. The van der Waals surface area contributed by atoms with Gasteiger partial charge in [-0.15, -0.1) is 0 Å². The van der Waals surface area contributed by atoms with Gasteiger partial charge in [-0.1, -0.05) is 48.5 Å². The first-order valence-electron chi connectivity index (χ1n) is 17.3. The first kappa shape index (κ1) is 42.8. The van der Waals surface area contributed by atoms with E-state index in [9.17, 15) is 38.7 Å². The standard InChI is InChI=1S/C37H49N7O9S/c1-37(2,3)53-36(52)39-16-14-30(45)41-28(19-23-21-40-25-13-9-8-12-24(23)25)34(50)42-26(15-17-54-4)33(49)44-29(20-31(46)47)35(51)43-27(32(38)48)18-22-10-6-5-7-11-22/h5-13,21,26-29,40H,14-20H2,1-4H3,(H2,38,48)(H,39,52)(H,41,45)(H,42,50)(H,43,51)(H,44,49)(H,46,47)/t26-,27-,28+,29-/m0/s1. The Kier molecular flexibility index (Phi) is 16.3. The number of para-hydroxylation sites is 1. The highest BCUT2D eigenvalue weighted by Crippen LogP contribution is 2.19. The number of hydrogen-bond donors (Lipinski definition) is 8. The molecule has 0 bridgehead atoms. The number of H-pyrrole nitrogens is 1.